The standard InChI is InChI=1S/C21H23N5O3S/c1-12(2)29-16-10-14(6-7-15(16)28-4)19-18-13(3)25-26(21-22-8-5-9-23-21)20(18)24-17(27)11-30-19/h5-10,12,19H,11H2,1-4H3,(H,24,27). The maximum Gasteiger partial charge on any atom is 0.252 e. The van der Waals surface area contributed by atoms with E-state index in [0.717, 1.165) is 16.8 Å². The highest BCUT2D eigenvalue weighted by Gasteiger charge is 2.31. The number of nitrogens with zero attached hydrogens (tertiary/aromatic N) is 4. The monoisotopic (exact) mass is 425 g/mol. The summed E-state index contributed by atoms with van der Waals surface area (Å²) in [6.45, 7) is 5.88. The number of hydrogen-bond acceptors (Lipinski definition) is 7. The minimum atomic E-state index is -0.114. The fraction of sp³-hybridized carbons (Fsp3) is 0.333. The summed E-state index contributed by atoms with van der Waals surface area (Å²) in [5.74, 6) is 2.58. The number of carbonyl (C=O) groups excluding carboxylic acids is 1. The molecule has 30 heavy (non-hydrogen) atoms. The molecule has 0 saturated heterocycles. The van der Waals surface area contributed by atoms with Gasteiger partial charge in [0.25, 0.3) is 5.95 Å². The van der Waals surface area contributed by atoms with Gasteiger partial charge in [0.15, 0.2) is 11.5 Å². The van der Waals surface area contributed by atoms with Crippen molar-refractivity contribution in [3.63, 3.8) is 0 Å². The summed E-state index contributed by atoms with van der Waals surface area (Å²) in [7, 11) is 1.62. The van der Waals surface area contributed by atoms with Crippen LogP contribution in [0.5, 0.6) is 11.5 Å². The number of carbonyl (C=O) groups is 1. The summed E-state index contributed by atoms with van der Waals surface area (Å²) in [6, 6.07) is 7.61. The highest BCUT2D eigenvalue weighted by Crippen LogP contribution is 2.45. The van der Waals surface area contributed by atoms with Crippen LogP contribution in [0.3, 0.4) is 0 Å². The van der Waals surface area contributed by atoms with Gasteiger partial charge in [0, 0.05) is 18.0 Å². The third-order valence-corrected chi connectivity index (χ3v) is 5.87. The number of benzene rings is 1. The number of aromatic nitrogens is 4. The number of methoxy groups -OCH3 is 1. The van der Waals surface area contributed by atoms with Gasteiger partial charge < -0.3 is 14.8 Å². The Morgan fingerprint density at radius 1 is 1.23 bits per heavy atom. The molecule has 1 aromatic carbocycles. The summed E-state index contributed by atoms with van der Waals surface area (Å²) in [5.41, 5.74) is 2.74. The smallest absolute Gasteiger partial charge is 0.252 e. The van der Waals surface area contributed by atoms with Crippen LogP contribution in [-0.2, 0) is 4.79 Å². The van der Waals surface area contributed by atoms with Gasteiger partial charge in [0.1, 0.15) is 5.82 Å². The number of thioether (sulfide) groups is 1. The van der Waals surface area contributed by atoms with Crippen molar-refractivity contribution in [1.82, 2.24) is 19.7 Å². The lowest BCUT2D eigenvalue weighted by Crippen LogP contribution is -2.16. The Kier molecular flexibility index (Phi) is 5.63. The Bertz CT molecular complexity index is 1070. The second-order valence-electron chi connectivity index (χ2n) is 7.12. The fourth-order valence-corrected chi connectivity index (χ4v) is 4.57. The molecule has 1 aliphatic heterocycles. The van der Waals surface area contributed by atoms with Gasteiger partial charge in [-0.2, -0.15) is 9.78 Å². The summed E-state index contributed by atoms with van der Waals surface area (Å²) in [5, 5.41) is 7.50. The maximum absolute atomic E-state index is 12.5. The van der Waals surface area contributed by atoms with Crippen LogP contribution in [0, 0.1) is 6.92 Å². The Morgan fingerprint density at radius 2 is 2.00 bits per heavy atom. The van der Waals surface area contributed by atoms with E-state index in [1.165, 1.54) is 0 Å². The molecular formula is C21H23N5O3S. The summed E-state index contributed by atoms with van der Waals surface area (Å²) < 4.78 is 13.0. The molecule has 0 spiro atoms. The SMILES string of the molecule is COc1ccc(C2SCC(=O)Nc3c2c(C)nn3-c2ncccn2)cc1OC(C)C. The van der Waals surface area contributed by atoms with Crippen molar-refractivity contribution in [3.05, 3.63) is 53.5 Å². The lowest BCUT2D eigenvalue weighted by molar-refractivity contribution is -0.113. The molecule has 3 aromatic rings. The molecule has 3 heterocycles. The van der Waals surface area contributed by atoms with E-state index in [9.17, 15) is 4.79 Å². The van der Waals surface area contributed by atoms with Crippen molar-refractivity contribution in [2.24, 2.45) is 0 Å². The van der Waals surface area contributed by atoms with E-state index < -0.39 is 0 Å². The molecule has 1 amide bonds. The van der Waals surface area contributed by atoms with E-state index >= 15 is 0 Å². The molecule has 1 N–H and O–H groups in total. The fourth-order valence-electron chi connectivity index (χ4n) is 3.39. The highest BCUT2D eigenvalue weighted by atomic mass is 32.2. The van der Waals surface area contributed by atoms with Crippen molar-refractivity contribution in [2.45, 2.75) is 32.1 Å². The van der Waals surface area contributed by atoms with E-state index in [4.69, 9.17) is 9.47 Å². The first kappa shape index (κ1) is 20.2. The minimum Gasteiger partial charge on any atom is -0.493 e. The Labute approximate surface area is 179 Å². The van der Waals surface area contributed by atoms with Crippen LogP contribution in [0.25, 0.3) is 5.95 Å². The van der Waals surface area contributed by atoms with Crippen molar-refractivity contribution in [1.29, 1.82) is 0 Å². The molecule has 2 aromatic heterocycles. The lowest BCUT2D eigenvalue weighted by atomic mass is 10.0. The number of amides is 1. The zero-order valence-corrected chi connectivity index (χ0v) is 18.1. The largest absolute Gasteiger partial charge is 0.493 e. The van der Waals surface area contributed by atoms with Gasteiger partial charge >= 0.3 is 0 Å². The molecule has 1 unspecified atom stereocenters. The molecule has 9 heteroatoms. The minimum absolute atomic E-state index is 0.00876. The summed E-state index contributed by atoms with van der Waals surface area (Å²) in [4.78, 5) is 21.0. The van der Waals surface area contributed by atoms with Crippen LogP contribution in [0.1, 0.15) is 35.9 Å². The number of anilines is 1. The number of ether oxygens (including phenoxy) is 2. The molecule has 1 atom stereocenters. The number of nitrogens with one attached hydrogen (secondary N) is 1. The van der Waals surface area contributed by atoms with Crippen LogP contribution >= 0.6 is 11.8 Å². The normalized spacial score (nSPS) is 16.0. The zero-order valence-electron chi connectivity index (χ0n) is 17.2. The van der Waals surface area contributed by atoms with Gasteiger partial charge in [0.2, 0.25) is 5.91 Å². The molecule has 1 aliphatic rings. The van der Waals surface area contributed by atoms with Crippen LogP contribution < -0.4 is 14.8 Å². The van der Waals surface area contributed by atoms with Crippen molar-refractivity contribution in [2.75, 3.05) is 18.2 Å². The first-order valence-electron chi connectivity index (χ1n) is 9.61. The number of aryl methyl sites for hydroxylation is 1. The number of rotatable bonds is 5. The zero-order chi connectivity index (χ0) is 21.3. The molecule has 8 nitrogen and oxygen atoms in total. The van der Waals surface area contributed by atoms with Gasteiger partial charge in [0.05, 0.1) is 29.9 Å². The Morgan fingerprint density at radius 3 is 2.70 bits per heavy atom. The van der Waals surface area contributed by atoms with Gasteiger partial charge in [-0.15, -0.1) is 11.8 Å². The van der Waals surface area contributed by atoms with Crippen LogP contribution in [0.2, 0.25) is 0 Å². The van der Waals surface area contributed by atoms with Gasteiger partial charge in [-0.1, -0.05) is 6.07 Å². The molecule has 0 aliphatic carbocycles. The first-order chi connectivity index (χ1) is 14.5. The second kappa shape index (κ2) is 8.35. The average Bonchev–Trinajstić information content (AvgIpc) is 2.93. The van der Waals surface area contributed by atoms with Crippen LogP contribution in [0.15, 0.2) is 36.7 Å². The maximum atomic E-state index is 12.5. The molecule has 0 saturated carbocycles. The van der Waals surface area contributed by atoms with Gasteiger partial charge in [-0.3, -0.25) is 4.79 Å². The molecular weight excluding hydrogens is 402 g/mol. The third-order valence-electron chi connectivity index (χ3n) is 4.60. The first-order valence-corrected chi connectivity index (χ1v) is 10.7. The Hall–Kier alpha value is -3.07. The van der Waals surface area contributed by atoms with E-state index in [1.807, 2.05) is 39.0 Å². The average molecular weight is 426 g/mol. The van der Waals surface area contributed by atoms with E-state index in [1.54, 1.807) is 42.0 Å². The van der Waals surface area contributed by atoms with E-state index in [-0.39, 0.29) is 17.3 Å². The molecule has 0 radical (unpaired) electrons. The van der Waals surface area contributed by atoms with Crippen molar-refractivity contribution >= 4 is 23.5 Å². The van der Waals surface area contributed by atoms with Crippen molar-refractivity contribution in [3.8, 4) is 17.4 Å². The van der Waals surface area contributed by atoms with E-state index in [0.29, 0.717) is 29.0 Å². The summed E-state index contributed by atoms with van der Waals surface area (Å²) >= 11 is 1.55. The molecule has 156 valence electrons. The number of hydrogen-bond donors (Lipinski definition) is 1. The van der Waals surface area contributed by atoms with Crippen LogP contribution in [-0.4, -0.2) is 44.6 Å². The highest BCUT2D eigenvalue weighted by molar-refractivity contribution is 8.00. The van der Waals surface area contributed by atoms with Crippen LogP contribution in [0.4, 0.5) is 5.82 Å². The number of fused-ring (bicyclic) bond motifs is 1. The molecule has 4 rings (SSSR count). The van der Waals surface area contributed by atoms with Gasteiger partial charge in [-0.25, -0.2) is 9.97 Å². The quantitative estimate of drug-likeness (QED) is 0.668. The van der Waals surface area contributed by atoms with E-state index in [2.05, 4.69) is 20.4 Å². The molecule has 0 fully saturated rings. The summed E-state index contributed by atoms with van der Waals surface area (Å²) in [6.07, 6.45) is 3.31. The predicted octanol–water partition coefficient (Wildman–Crippen LogP) is 3.54. The topological polar surface area (TPSA) is 91.2 Å². The van der Waals surface area contributed by atoms with Gasteiger partial charge in [-0.05, 0) is 44.5 Å². The predicted molar refractivity (Wildman–Crippen MR) is 116 cm³/mol. The third kappa shape index (κ3) is 3.85. The molecule has 0 bridgehead atoms. The Balaban J connectivity index is 1.84. The lowest BCUT2D eigenvalue weighted by Gasteiger charge is -2.19. The second-order valence-corrected chi connectivity index (χ2v) is 8.22. The van der Waals surface area contributed by atoms with Crippen molar-refractivity contribution < 1.29 is 14.3 Å².